The minimum Gasteiger partial charge on any atom is -0.162 e. The van der Waals surface area contributed by atoms with Gasteiger partial charge in [-0.05, 0) is 24.7 Å². The van der Waals surface area contributed by atoms with Crippen LogP contribution in [0.2, 0.25) is 0 Å². The lowest BCUT2D eigenvalue weighted by atomic mass is 10.0. The smallest absolute Gasteiger partial charge is 0.0579 e. The second-order valence-electron chi connectivity index (χ2n) is 3.18. The highest BCUT2D eigenvalue weighted by Gasteiger charge is 2.37. The maximum absolute atomic E-state index is 4.47. The number of hydrogen-bond donors (Lipinski definition) is 2. The summed E-state index contributed by atoms with van der Waals surface area (Å²) in [6.07, 6.45) is 2.44. The van der Waals surface area contributed by atoms with Crippen molar-refractivity contribution < 1.29 is 0 Å². The van der Waals surface area contributed by atoms with Gasteiger partial charge >= 0.3 is 0 Å². The van der Waals surface area contributed by atoms with Crippen molar-refractivity contribution in [1.82, 2.24) is 0 Å². The van der Waals surface area contributed by atoms with Gasteiger partial charge in [0, 0.05) is 0 Å². The summed E-state index contributed by atoms with van der Waals surface area (Å²) in [4.78, 5) is 0. The van der Waals surface area contributed by atoms with E-state index in [-0.39, 0.29) is 4.08 Å². The maximum Gasteiger partial charge on any atom is 0.0579 e. The summed E-state index contributed by atoms with van der Waals surface area (Å²) < 4.78 is 0.0133. The Labute approximate surface area is 68.2 Å². The molecule has 0 spiro atoms. The van der Waals surface area contributed by atoms with E-state index in [4.69, 9.17) is 0 Å². The minimum absolute atomic E-state index is 0.0133. The summed E-state index contributed by atoms with van der Waals surface area (Å²) >= 11 is 8.93. The Hall–Kier alpha value is 0.700. The molecule has 2 heteroatoms. The third-order valence-corrected chi connectivity index (χ3v) is 3.81. The average molecular weight is 162 g/mol. The fourth-order valence-electron chi connectivity index (χ4n) is 1.37. The topological polar surface area (TPSA) is 0 Å². The van der Waals surface area contributed by atoms with Gasteiger partial charge in [-0.25, -0.2) is 0 Å². The Morgan fingerprint density at radius 3 is 2.00 bits per heavy atom. The number of thiol groups is 2. The van der Waals surface area contributed by atoms with Gasteiger partial charge in [-0.3, -0.25) is 0 Å². The summed E-state index contributed by atoms with van der Waals surface area (Å²) in [5, 5.41) is 0. The predicted molar refractivity (Wildman–Crippen MR) is 48.3 cm³/mol. The molecule has 1 aliphatic rings. The van der Waals surface area contributed by atoms with Crippen LogP contribution in [-0.4, -0.2) is 4.08 Å². The van der Waals surface area contributed by atoms with Gasteiger partial charge in [-0.2, -0.15) is 25.3 Å². The molecule has 0 nitrogen and oxygen atoms in total. The van der Waals surface area contributed by atoms with E-state index in [0.29, 0.717) is 5.92 Å². The van der Waals surface area contributed by atoms with Gasteiger partial charge in [0.2, 0.25) is 0 Å². The first-order valence-electron chi connectivity index (χ1n) is 3.49. The van der Waals surface area contributed by atoms with Crippen molar-refractivity contribution in [2.45, 2.75) is 30.8 Å². The Kier molecular flexibility index (Phi) is 2.07. The maximum atomic E-state index is 4.47. The van der Waals surface area contributed by atoms with Crippen LogP contribution in [0, 0.1) is 11.8 Å². The molecule has 0 saturated heterocycles. The Morgan fingerprint density at radius 2 is 1.89 bits per heavy atom. The van der Waals surface area contributed by atoms with Gasteiger partial charge in [0.25, 0.3) is 0 Å². The van der Waals surface area contributed by atoms with Gasteiger partial charge < -0.3 is 0 Å². The zero-order valence-corrected chi connectivity index (χ0v) is 7.75. The molecule has 0 aromatic carbocycles. The highest BCUT2D eigenvalue weighted by molar-refractivity contribution is 8.00. The first-order valence-corrected chi connectivity index (χ1v) is 4.38. The Morgan fingerprint density at radius 1 is 1.33 bits per heavy atom. The summed E-state index contributed by atoms with van der Waals surface area (Å²) in [5.74, 6) is 1.46. The fraction of sp³-hybridized carbons (Fsp3) is 1.00. The van der Waals surface area contributed by atoms with Crippen molar-refractivity contribution in [3.05, 3.63) is 0 Å². The van der Waals surface area contributed by atoms with Crippen LogP contribution in [-0.2, 0) is 0 Å². The molecule has 1 rings (SSSR count). The first kappa shape index (κ1) is 7.80. The lowest BCUT2D eigenvalue weighted by molar-refractivity contribution is 0.453. The van der Waals surface area contributed by atoms with E-state index in [1.807, 2.05) is 0 Å². The van der Waals surface area contributed by atoms with Crippen LogP contribution in [0.5, 0.6) is 0 Å². The molecular formula is C7H14S2. The molecule has 0 unspecified atom stereocenters. The largest absolute Gasteiger partial charge is 0.162 e. The van der Waals surface area contributed by atoms with Gasteiger partial charge in [-0.1, -0.05) is 13.8 Å². The van der Waals surface area contributed by atoms with E-state index in [0.717, 1.165) is 12.3 Å². The summed E-state index contributed by atoms with van der Waals surface area (Å²) in [6, 6.07) is 0. The van der Waals surface area contributed by atoms with E-state index in [1.165, 1.54) is 6.42 Å². The number of hydrogen-bond acceptors (Lipinski definition) is 2. The van der Waals surface area contributed by atoms with E-state index < -0.39 is 0 Å². The van der Waals surface area contributed by atoms with Crippen molar-refractivity contribution in [3.8, 4) is 0 Å². The van der Waals surface area contributed by atoms with E-state index >= 15 is 0 Å². The lowest BCUT2D eigenvalue weighted by Gasteiger charge is -2.22. The first-order chi connectivity index (χ1) is 4.04. The second kappa shape index (κ2) is 2.39. The zero-order valence-electron chi connectivity index (χ0n) is 5.96. The summed E-state index contributed by atoms with van der Waals surface area (Å²) in [6.45, 7) is 4.51. The van der Waals surface area contributed by atoms with Crippen molar-refractivity contribution in [1.29, 1.82) is 0 Å². The molecule has 0 aromatic heterocycles. The SMILES string of the molecule is C[C@@H]1CCC(S)(S)[C@@H]1C. The third-order valence-electron chi connectivity index (χ3n) is 2.55. The van der Waals surface area contributed by atoms with Gasteiger partial charge in [-0.15, -0.1) is 0 Å². The molecule has 54 valence electrons. The monoisotopic (exact) mass is 162 g/mol. The van der Waals surface area contributed by atoms with E-state index in [9.17, 15) is 0 Å². The molecule has 0 heterocycles. The molecule has 0 amide bonds. The van der Waals surface area contributed by atoms with Crippen molar-refractivity contribution in [3.63, 3.8) is 0 Å². The van der Waals surface area contributed by atoms with Gasteiger partial charge in [0.15, 0.2) is 0 Å². The number of rotatable bonds is 0. The standard InChI is InChI=1S/C7H14S2/c1-5-3-4-7(8,9)6(5)2/h5-6,8-9H,3-4H2,1-2H3/t5-,6-/m1/s1. The molecule has 0 N–H and O–H groups in total. The van der Waals surface area contributed by atoms with Crippen LogP contribution in [0.3, 0.4) is 0 Å². The molecule has 1 aliphatic carbocycles. The highest BCUT2D eigenvalue weighted by atomic mass is 32.2. The van der Waals surface area contributed by atoms with Crippen molar-refractivity contribution in [2.75, 3.05) is 0 Å². The van der Waals surface area contributed by atoms with Crippen LogP contribution >= 0.6 is 25.3 Å². The molecule has 0 aromatic rings. The lowest BCUT2D eigenvalue weighted by Crippen LogP contribution is -2.18. The predicted octanol–water partition coefficient (Wildman–Crippen LogP) is 2.61. The highest BCUT2D eigenvalue weighted by Crippen LogP contribution is 2.46. The molecular weight excluding hydrogens is 148 g/mol. The molecule has 0 radical (unpaired) electrons. The van der Waals surface area contributed by atoms with Crippen LogP contribution in [0.1, 0.15) is 26.7 Å². The molecule has 0 aliphatic heterocycles. The van der Waals surface area contributed by atoms with Gasteiger partial charge in [0.05, 0.1) is 4.08 Å². The Bertz CT molecular complexity index is 109. The van der Waals surface area contributed by atoms with Crippen LogP contribution in [0.25, 0.3) is 0 Å². The summed E-state index contributed by atoms with van der Waals surface area (Å²) in [7, 11) is 0. The quantitative estimate of drug-likeness (QED) is 0.397. The zero-order chi connectivity index (χ0) is 7.07. The van der Waals surface area contributed by atoms with E-state index in [2.05, 4.69) is 39.1 Å². The molecule has 1 saturated carbocycles. The van der Waals surface area contributed by atoms with Crippen LogP contribution < -0.4 is 0 Å². The molecule has 2 atom stereocenters. The van der Waals surface area contributed by atoms with E-state index in [1.54, 1.807) is 0 Å². The summed E-state index contributed by atoms with van der Waals surface area (Å²) in [5.41, 5.74) is 0. The van der Waals surface area contributed by atoms with Crippen molar-refractivity contribution >= 4 is 25.3 Å². The molecule has 1 fully saturated rings. The van der Waals surface area contributed by atoms with Crippen LogP contribution in [0.4, 0.5) is 0 Å². The minimum atomic E-state index is 0.0133. The second-order valence-corrected chi connectivity index (χ2v) is 5.13. The normalized spacial score (nSPS) is 41.3. The molecule has 0 bridgehead atoms. The molecule has 9 heavy (non-hydrogen) atoms. The fourth-order valence-corrected chi connectivity index (χ4v) is 2.14. The van der Waals surface area contributed by atoms with Gasteiger partial charge in [0.1, 0.15) is 0 Å². The Balaban J connectivity index is 2.62. The van der Waals surface area contributed by atoms with Crippen molar-refractivity contribution in [2.24, 2.45) is 11.8 Å². The average Bonchev–Trinajstić information content (AvgIpc) is 1.97. The van der Waals surface area contributed by atoms with Crippen LogP contribution in [0.15, 0.2) is 0 Å². The third kappa shape index (κ3) is 1.40.